The van der Waals surface area contributed by atoms with Gasteiger partial charge in [0.05, 0.1) is 5.02 Å². The number of nitrogens with one attached hydrogen (secondary N) is 1. The second-order valence-corrected chi connectivity index (χ2v) is 9.54. The smallest absolute Gasteiger partial charge is 0.251 e. The molecular weight excluding hydrogens is 403 g/mol. The second-order valence-electron chi connectivity index (χ2n) is 7.28. The van der Waals surface area contributed by atoms with Crippen LogP contribution in [0.1, 0.15) is 41.6 Å². The van der Waals surface area contributed by atoms with Crippen molar-refractivity contribution in [2.24, 2.45) is 0 Å². The van der Waals surface area contributed by atoms with Crippen LogP contribution < -0.4 is 5.32 Å². The van der Waals surface area contributed by atoms with Crippen molar-refractivity contribution in [1.29, 1.82) is 0 Å². The van der Waals surface area contributed by atoms with Crippen LogP contribution in [0, 0.1) is 5.82 Å². The van der Waals surface area contributed by atoms with Crippen molar-refractivity contribution in [3.63, 3.8) is 0 Å². The summed E-state index contributed by atoms with van der Waals surface area (Å²) in [6, 6.07) is 10.9. The maximum atomic E-state index is 14.3. The Kier molecular flexibility index (Phi) is 5.16. The SMILES string of the molecule is O=C(NC1CC1)c1ccc(CN(C2CC2)S(=O)(=O)c2cccc(Cl)c2F)cc1. The number of carbonyl (C=O) groups is 1. The molecule has 2 aliphatic rings. The molecule has 0 aliphatic heterocycles. The lowest BCUT2D eigenvalue weighted by molar-refractivity contribution is 0.0951. The summed E-state index contributed by atoms with van der Waals surface area (Å²) in [7, 11) is -4.03. The Bertz CT molecular complexity index is 1000. The summed E-state index contributed by atoms with van der Waals surface area (Å²) in [5, 5.41) is 2.70. The fourth-order valence-corrected chi connectivity index (χ4v) is 5.01. The summed E-state index contributed by atoms with van der Waals surface area (Å²) in [6.07, 6.45) is 3.50. The molecule has 148 valence electrons. The molecule has 2 saturated carbocycles. The molecule has 2 aromatic carbocycles. The maximum Gasteiger partial charge on any atom is 0.251 e. The quantitative estimate of drug-likeness (QED) is 0.739. The highest BCUT2D eigenvalue weighted by Crippen LogP contribution is 2.35. The van der Waals surface area contributed by atoms with Gasteiger partial charge in [-0.1, -0.05) is 29.8 Å². The first-order chi connectivity index (χ1) is 13.4. The lowest BCUT2D eigenvalue weighted by Crippen LogP contribution is -2.33. The fraction of sp³-hybridized carbons (Fsp3) is 0.350. The van der Waals surface area contributed by atoms with Gasteiger partial charge < -0.3 is 5.32 Å². The summed E-state index contributed by atoms with van der Waals surface area (Å²) in [6.45, 7) is 0.115. The molecule has 0 atom stereocenters. The largest absolute Gasteiger partial charge is 0.349 e. The first kappa shape index (κ1) is 19.4. The molecule has 1 amide bonds. The van der Waals surface area contributed by atoms with Gasteiger partial charge in [-0.15, -0.1) is 0 Å². The van der Waals surface area contributed by atoms with Gasteiger partial charge in [0.1, 0.15) is 4.90 Å². The standard InChI is InChI=1S/C20H20ClFN2O3S/c21-17-2-1-3-18(19(17)22)28(26,27)24(16-10-11-16)12-13-4-6-14(7-5-13)20(25)23-15-8-9-15/h1-7,15-16H,8-12H2,(H,23,25). The van der Waals surface area contributed by atoms with E-state index in [-0.39, 0.29) is 29.6 Å². The van der Waals surface area contributed by atoms with Crippen LogP contribution in [0.2, 0.25) is 5.02 Å². The van der Waals surface area contributed by atoms with Crippen molar-refractivity contribution in [2.75, 3.05) is 0 Å². The molecule has 2 fully saturated rings. The molecule has 0 bridgehead atoms. The van der Waals surface area contributed by atoms with Crippen LogP contribution in [-0.4, -0.2) is 30.7 Å². The summed E-state index contributed by atoms with van der Waals surface area (Å²) in [5.41, 5.74) is 1.28. The van der Waals surface area contributed by atoms with Crippen LogP contribution in [0.5, 0.6) is 0 Å². The highest BCUT2D eigenvalue weighted by Gasteiger charge is 2.39. The average Bonchev–Trinajstić information content (AvgIpc) is 3.57. The minimum Gasteiger partial charge on any atom is -0.349 e. The molecule has 2 aliphatic carbocycles. The van der Waals surface area contributed by atoms with E-state index in [1.54, 1.807) is 24.3 Å². The van der Waals surface area contributed by atoms with E-state index in [0.717, 1.165) is 31.2 Å². The molecule has 0 aromatic heterocycles. The van der Waals surface area contributed by atoms with E-state index in [1.807, 2.05) is 0 Å². The molecule has 0 saturated heterocycles. The predicted octanol–water partition coefficient (Wildman–Crippen LogP) is 3.72. The minimum atomic E-state index is -4.03. The lowest BCUT2D eigenvalue weighted by Gasteiger charge is -2.22. The lowest BCUT2D eigenvalue weighted by atomic mass is 10.1. The average molecular weight is 423 g/mol. The number of amides is 1. The van der Waals surface area contributed by atoms with Crippen molar-refractivity contribution >= 4 is 27.5 Å². The van der Waals surface area contributed by atoms with Crippen molar-refractivity contribution in [1.82, 2.24) is 9.62 Å². The van der Waals surface area contributed by atoms with Gasteiger partial charge >= 0.3 is 0 Å². The van der Waals surface area contributed by atoms with Crippen LogP contribution in [-0.2, 0) is 16.6 Å². The van der Waals surface area contributed by atoms with Crippen molar-refractivity contribution in [2.45, 2.75) is 49.2 Å². The third-order valence-electron chi connectivity index (χ3n) is 4.92. The number of rotatable bonds is 7. The Hall–Kier alpha value is -1.96. The van der Waals surface area contributed by atoms with E-state index in [2.05, 4.69) is 5.32 Å². The van der Waals surface area contributed by atoms with Gasteiger partial charge in [-0.2, -0.15) is 4.31 Å². The summed E-state index contributed by atoms with van der Waals surface area (Å²) < 4.78 is 41.8. The van der Waals surface area contributed by atoms with Gasteiger partial charge in [-0.05, 0) is 55.5 Å². The van der Waals surface area contributed by atoms with Gasteiger partial charge in [0.2, 0.25) is 10.0 Å². The molecule has 28 heavy (non-hydrogen) atoms. The van der Waals surface area contributed by atoms with E-state index < -0.39 is 20.7 Å². The van der Waals surface area contributed by atoms with Crippen molar-refractivity contribution in [3.05, 3.63) is 64.4 Å². The molecular formula is C20H20ClFN2O3S. The van der Waals surface area contributed by atoms with Crippen LogP contribution in [0.25, 0.3) is 0 Å². The normalized spacial score (nSPS) is 17.0. The monoisotopic (exact) mass is 422 g/mol. The topological polar surface area (TPSA) is 66.5 Å². The number of nitrogens with zero attached hydrogens (tertiary/aromatic N) is 1. The molecule has 8 heteroatoms. The van der Waals surface area contributed by atoms with Crippen LogP contribution in [0.4, 0.5) is 4.39 Å². The zero-order chi connectivity index (χ0) is 19.9. The number of sulfonamides is 1. The van der Waals surface area contributed by atoms with E-state index in [9.17, 15) is 17.6 Å². The molecule has 0 spiro atoms. The molecule has 1 N–H and O–H groups in total. The zero-order valence-corrected chi connectivity index (χ0v) is 16.6. The van der Waals surface area contributed by atoms with E-state index in [1.165, 1.54) is 22.5 Å². The molecule has 0 radical (unpaired) electrons. The molecule has 0 unspecified atom stereocenters. The third kappa shape index (κ3) is 4.06. The Morgan fingerprint density at radius 2 is 1.79 bits per heavy atom. The first-order valence-electron chi connectivity index (χ1n) is 9.22. The Balaban J connectivity index is 1.55. The molecule has 5 nitrogen and oxygen atoms in total. The van der Waals surface area contributed by atoms with Crippen LogP contribution in [0.3, 0.4) is 0 Å². The van der Waals surface area contributed by atoms with Gasteiger partial charge in [-0.25, -0.2) is 12.8 Å². The number of benzene rings is 2. The summed E-state index contributed by atoms with van der Waals surface area (Å²) in [5.74, 6) is -1.05. The highest BCUT2D eigenvalue weighted by molar-refractivity contribution is 7.89. The predicted molar refractivity (Wildman–Crippen MR) is 104 cm³/mol. The highest BCUT2D eigenvalue weighted by atomic mass is 35.5. The van der Waals surface area contributed by atoms with Crippen molar-refractivity contribution < 1.29 is 17.6 Å². The Morgan fingerprint density at radius 3 is 2.39 bits per heavy atom. The maximum absolute atomic E-state index is 14.3. The van der Waals surface area contributed by atoms with Crippen LogP contribution >= 0.6 is 11.6 Å². The first-order valence-corrected chi connectivity index (χ1v) is 11.0. The second kappa shape index (κ2) is 7.46. The Labute approximate surface area is 168 Å². The van der Waals surface area contributed by atoms with Crippen LogP contribution in [0.15, 0.2) is 47.4 Å². The van der Waals surface area contributed by atoms with Gasteiger partial charge in [-0.3, -0.25) is 4.79 Å². The number of hydrogen-bond acceptors (Lipinski definition) is 3. The fourth-order valence-electron chi connectivity index (χ4n) is 3.02. The number of halogens is 2. The van der Waals surface area contributed by atoms with Gasteiger partial charge in [0, 0.05) is 24.2 Å². The molecule has 2 aromatic rings. The molecule has 4 rings (SSSR count). The zero-order valence-electron chi connectivity index (χ0n) is 15.1. The summed E-state index contributed by atoms with van der Waals surface area (Å²) in [4.78, 5) is 11.7. The van der Waals surface area contributed by atoms with E-state index >= 15 is 0 Å². The van der Waals surface area contributed by atoms with Gasteiger partial charge in [0.25, 0.3) is 5.91 Å². The third-order valence-corrected chi connectivity index (χ3v) is 7.13. The van der Waals surface area contributed by atoms with E-state index in [4.69, 9.17) is 11.6 Å². The number of hydrogen-bond donors (Lipinski definition) is 1. The van der Waals surface area contributed by atoms with Gasteiger partial charge in [0.15, 0.2) is 5.82 Å². The van der Waals surface area contributed by atoms with Crippen molar-refractivity contribution in [3.8, 4) is 0 Å². The number of carbonyl (C=O) groups excluding carboxylic acids is 1. The minimum absolute atomic E-state index is 0.115. The van der Waals surface area contributed by atoms with E-state index in [0.29, 0.717) is 5.56 Å². The molecule has 0 heterocycles. The summed E-state index contributed by atoms with van der Waals surface area (Å²) >= 11 is 5.77. The Morgan fingerprint density at radius 1 is 1.11 bits per heavy atom.